The van der Waals surface area contributed by atoms with Crippen LogP contribution in [0.2, 0.25) is 0 Å². The van der Waals surface area contributed by atoms with Gasteiger partial charge in [-0.25, -0.2) is 4.79 Å². The maximum atomic E-state index is 12.3. The van der Waals surface area contributed by atoms with Crippen molar-refractivity contribution in [2.75, 3.05) is 25.1 Å². The average molecular weight is 314 g/mol. The average Bonchev–Trinajstić information content (AvgIpc) is 2.61. The van der Waals surface area contributed by atoms with E-state index in [1.807, 2.05) is 11.8 Å². The first kappa shape index (κ1) is 16.8. The third kappa shape index (κ3) is 4.97. The van der Waals surface area contributed by atoms with Crippen molar-refractivity contribution < 1.29 is 9.00 Å². The SMILES string of the molecule is C[C@@H](C[S@@](C)=O)NC(=O)N1CCCC2(CCCCC2)CC1. The number of nitrogens with one attached hydrogen (secondary N) is 1. The van der Waals surface area contributed by atoms with Crippen molar-refractivity contribution >= 4 is 16.8 Å². The Hall–Kier alpha value is -0.580. The minimum Gasteiger partial charge on any atom is -0.335 e. The number of hydrogen-bond acceptors (Lipinski definition) is 2. The number of likely N-dealkylation sites (tertiary alicyclic amines) is 1. The first-order valence-corrected chi connectivity index (χ1v) is 10.1. The van der Waals surface area contributed by atoms with Crippen LogP contribution in [0.5, 0.6) is 0 Å². The van der Waals surface area contributed by atoms with Crippen molar-refractivity contribution in [2.24, 2.45) is 5.41 Å². The third-order valence-electron chi connectivity index (χ3n) is 5.10. The molecule has 1 spiro atoms. The predicted octanol–water partition coefficient (Wildman–Crippen LogP) is 2.90. The molecule has 1 saturated heterocycles. The highest BCUT2D eigenvalue weighted by Gasteiger charge is 2.34. The standard InChI is InChI=1S/C16H30N2O2S/c1-14(13-21(2)20)17-15(19)18-11-6-9-16(10-12-18)7-4-3-5-8-16/h14H,3-13H2,1-2H3,(H,17,19)/t14-,21+/m0/s1. The van der Waals surface area contributed by atoms with Gasteiger partial charge in [-0.2, -0.15) is 0 Å². The van der Waals surface area contributed by atoms with E-state index >= 15 is 0 Å². The second-order valence-corrected chi connectivity index (χ2v) is 8.47. The van der Waals surface area contributed by atoms with Crippen molar-refractivity contribution in [2.45, 2.75) is 64.3 Å². The van der Waals surface area contributed by atoms with E-state index < -0.39 is 10.8 Å². The van der Waals surface area contributed by atoms with Crippen molar-refractivity contribution in [3.8, 4) is 0 Å². The van der Waals surface area contributed by atoms with Gasteiger partial charge in [-0.15, -0.1) is 0 Å². The smallest absolute Gasteiger partial charge is 0.317 e. The van der Waals surface area contributed by atoms with E-state index in [9.17, 15) is 9.00 Å². The number of urea groups is 1. The zero-order chi connectivity index (χ0) is 15.3. The largest absolute Gasteiger partial charge is 0.335 e. The van der Waals surface area contributed by atoms with E-state index in [1.165, 1.54) is 38.5 Å². The molecule has 0 unspecified atom stereocenters. The van der Waals surface area contributed by atoms with E-state index in [2.05, 4.69) is 5.32 Å². The Balaban J connectivity index is 1.84. The summed E-state index contributed by atoms with van der Waals surface area (Å²) in [7, 11) is -0.863. The van der Waals surface area contributed by atoms with Crippen LogP contribution in [0.15, 0.2) is 0 Å². The first-order chi connectivity index (χ1) is 10.0. The number of hydrogen-bond donors (Lipinski definition) is 1. The highest BCUT2D eigenvalue weighted by Crippen LogP contribution is 2.44. The molecule has 1 aliphatic carbocycles. The number of carbonyl (C=O) groups is 1. The fraction of sp³-hybridized carbons (Fsp3) is 0.938. The molecular formula is C16H30N2O2S. The molecular weight excluding hydrogens is 284 g/mol. The molecule has 2 amide bonds. The number of rotatable bonds is 3. The molecule has 0 bridgehead atoms. The van der Waals surface area contributed by atoms with Gasteiger partial charge in [0.2, 0.25) is 0 Å². The van der Waals surface area contributed by atoms with E-state index in [1.54, 1.807) is 6.26 Å². The molecule has 122 valence electrons. The lowest BCUT2D eigenvalue weighted by molar-refractivity contribution is 0.157. The molecule has 1 aliphatic heterocycles. The Bertz CT molecular complexity index is 380. The Labute approximate surface area is 131 Å². The zero-order valence-corrected chi connectivity index (χ0v) is 14.3. The lowest BCUT2D eigenvalue weighted by Gasteiger charge is -2.36. The van der Waals surface area contributed by atoms with Crippen molar-refractivity contribution in [3.63, 3.8) is 0 Å². The van der Waals surface area contributed by atoms with Gasteiger partial charge in [-0.3, -0.25) is 4.21 Å². The van der Waals surface area contributed by atoms with Gasteiger partial charge in [0.1, 0.15) is 0 Å². The van der Waals surface area contributed by atoms with Crippen LogP contribution in [0.4, 0.5) is 4.79 Å². The zero-order valence-electron chi connectivity index (χ0n) is 13.5. The maximum absolute atomic E-state index is 12.3. The molecule has 21 heavy (non-hydrogen) atoms. The van der Waals surface area contributed by atoms with E-state index in [0.29, 0.717) is 11.2 Å². The topological polar surface area (TPSA) is 49.4 Å². The Morgan fingerprint density at radius 1 is 1.14 bits per heavy atom. The summed E-state index contributed by atoms with van der Waals surface area (Å²) in [5.74, 6) is 0.531. The van der Waals surface area contributed by atoms with Crippen LogP contribution in [-0.4, -0.2) is 46.3 Å². The van der Waals surface area contributed by atoms with Crippen LogP contribution < -0.4 is 5.32 Å². The fourth-order valence-electron chi connectivity index (χ4n) is 3.95. The molecule has 5 heteroatoms. The van der Waals surface area contributed by atoms with E-state index in [4.69, 9.17) is 0 Å². The number of nitrogens with zero attached hydrogens (tertiary/aromatic N) is 1. The van der Waals surface area contributed by atoms with Gasteiger partial charge in [-0.1, -0.05) is 19.3 Å². The molecule has 0 radical (unpaired) electrons. The van der Waals surface area contributed by atoms with Crippen molar-refractivity contribution in [3.05, 3.63) is 0 Å². The third-order valence-corrected chi connectivity index (χ3v) is 6.07. The molecule has 2 rings (SSSR count). The van der Waals surface area contributed by atoms with Gasteiger partial charge in [-0.05, 0) is 44.4 Å². The Morgan fingerprint density at radius 3 is 2.48 bits per heavy atom. The van der Waals surface area contributed by atoms with Crippen LogP contribution in [0, 0.1) is 5.41 Å². The molecule has 0 aromatic heterocycles. The second-order valence-electron chi connectivity index (χ2n) is 6.99. The van der Waals surface area contributed by atoms with Gasteiger partial charge < -0.3 is 10.2 Å². The van der Waals surface area contributed by atoms with Gasteiger partial charge in [0.25, 0.3) is 0 Å². The highest BCUT2D eigenvalue weighted by molar-refractivity contribution is 7.84. The van der Waals surface area contributed by atoms with Crippen LogP contribution in [-0.2, 0) is 10.8 Å². The molecule has 0 aromatic rings. The quantitative estimate of drug-likeness (QED) is 0.871. The second kappa shape index (κ2) is 7.61. The summed E-state index contributed by atoms with van der Waals surface area (Å²) in [5, 5.41) is 2.99. The predicted molar refractivity (Wildman–Crippen MR) is 87.9 cm³/mol. The Morgan fingerprint density at radius 2 is 1.81 bits per heavy atom. The molecule has 1 saturated carbocycles. The summed E-state index contributed by atoms with van der Waals surface area (Å²) in [5.41, 5.74) is 0.518. The van der Waals surface area contributed by atoms with Crippen LogP contribution in [0.1, 0.15) is 58.3 Å². The minimum atomic E-state index is -0.863. The Kier molecular flexibility index (Phi) is 6.08. The summed E-state index contributed by atoms with van der Waals surface area (Å²) in [6.45, 7) is 3.68. The van der Waals surface area contributed by atoms with Crippen LogP contribution in [0.25, 0.3) is 0 Å². The molecule has 1 N–H and O–H groups in total. The minimum absolute atomic E-state index is 0.0183. The lowest BCUT2D eigenvalue weighted by Crippen LogP contribution is -2.46. The normalized spacial score (nSPS) is 25.1. The molecule has 2 aliphatic rings. The highest BCUT2D eigenvalue weighted by atomic mass is 32.2. The van der Waals surface area contributed by atoms with Crippen molar-refractivity contribution in [1.29, 1.82) is 0 Å². The van der Waals surface area contributed by atoms with Gasteiger partial charge in [0.15, 0.2) is 0 Å². The van der Waals surface area contributed by atoms with Crippen LogP contribution >= 0.6 is 0 Å². The van der Waals surface area contributed by atoms with E-state index in [-0.39, 0.29) is 12.1 Å². The summed E-state index contributed by atoms with van der Waals surface area (Å²) in [6.07, 6.45) is 12.1. The van der Waals surface area contributed by atoms with Crippen molar-refractivity contribution in [1.82, 2.24) is 10.2 Å². The number of carbonyl (C=O) groups excluding carboxylic acids is 1. The monoisotopic (exact) mass is 314 g/mol. The molecule has 2 fully saturated rings. The molecule has 4 nitrogen and oxygen atoms in total. The maximum Gasteiger partial charge on any atom is 0.317 e. The molecule has 1 heterocycles. The van der Waals surface area contributed by atoms with Gasteiger partial charge in [0.05, 0.1) is 0 Å². The molecule has 0 aromatic carbocycles. The summed E-state index contributed by atoms with van der Waals surface area (Å²) >= 11 is 0. The summed E-state index contributed by atoms with van der Waals surface area (Å²) in [6, 6.07) is 0.0102. The summed E-state index contributed by atoms with van der Waals surface area (Å²) in [4.78, 5) is 14.3. The first-order valence-electron chi connectivity index (χ1n) is 8.36. The fourth-order valence-corrected chi connectivity index (χ4v) is 4.74. The summed E-state index contributed by atoms with van der Waals surface area (Å²) < 4.78 is 11.2. The van der Waals surface area contributed by atoms with Gasteiger partial charge in [0, 0.05) is 41.9 Å². The van der Waals surface area contributed by atoms with Crippen LogP contribution in [0.3, 0.4) is 0 Å². The molecule has 2 atom stereocenters. The lowest BCUT2D eigenvalue weighted by atomic mass is 9.69. The number of amides is 2. The van der Waals surface area contributed by atoms with E-state index in [0.717, 1.165) is 25.9 Å². The van der Waals surface area contributed by atoms with Gasteiger partial charge >= 0.3 is 6.03 Å².